The van der Waals surface area contributed by atoms with E-state index in [2.05, 4.69) is 59.0 Å². The highest BCUT2D eigenvalue weighted by atomic mass is 15.1. The van der Waals surface area contributed by atoms with Gasteiger partial charge in [0, 0.05) is 40.6 Å². The number of aryl methyl sites for hydroxylation is 2. The van der Waals surface area contributed by atoms with E-state index < -0.39 is 0 Å². The Morgan fingerprint density at radius 2 is 1.83 bits per heavy atom. The number of H-pyrrole nitrogens is 1. The van der Waals surface area contributed by atoms with Gasteiger partial charge in [0.1, 0.15) is 0 Å². The Bertz CT molecular complexity index is 1000. The molecule has 1 N–H and O–H groups in total. The zero-order valence-corrected chi connectivity index (χ0v) is 18.6. The predicted octanol–water partition coefficient (Wildman–Crippen LogP) is 6.47. The van der Waals surface area contributed by atoms with Crippen molar-refractivity contribution in [2.45, 2.75) is 64.7 Å². The molecule has 5 rings (SSSR count). The molecule has 1 saturated carbocycles. The number of aromatic amines is 1. The highest BCUT2D eigenvalue weighted by molar-refractivity contribution is 5.91. The standard InChI is InChI=1S/C27H35N3/c1-3-24-25-17-22(21-11-14-30(15-12-21)18-20-6-4-5-7-20)8-9-26(25)29-27(24)23-10-13-28-19(2)16-23/h8-10,13,16-17,20-21,29H,3-7,11-12,14-15,18H2,1-2H3. The van der Waals surface area contributed by atoms with Gasteiger partial charge in [0.05, 0.1) is 0 Å². The Morgan fingerprint density at radius 1 is 1.03 bits per heavy atom. The van der Waals surface area contributed by atoms with Crippen LogP contribution in [-0.4, -0.2) is 34.5 Å². The van der Waals surface area contributed by atoms with Gasteiger partial charge >= 0.3 is 0 Å². The average molecular weight is 402 g/mol. The molecular weight excluding hydrogens is 366 g/mol. The SMILES string of the molecule is CCc1c(-c2ccnc(C)c2)[nH]c2ccc(C3CCN(CC4CCCC4)CC3)cc12. The highest BCUT2D eigenvalue weighted by Crippen LogP contribution is 2.36. The van der Waals surface area contributed by atoms with Gasteiger partial charge in [-0.15, -0.1) is 0 Å². The molecule has 3 nitrogen and oxygen atoms in total. The fourth-order valence-electron chi connectivity index (χ4n) is 5.84. The molecule has 1 aliphatic carbocycles. The van der Waals surface area contributed by atoms with Crippen molar-refractivity contribution >= 4 is 10.9 Å². The number of hydrogen-bond acceptors (Lipinski definition) is 2. The number of benzene rings is 1. The molecule has 0 spiro atoms. The van der Waals surface area contributed by atoms with Gasteiger partial charge in [-0.1, -0.05) is 25.8 Å². The Kier molecular flexibility index (Phi) is 5.64. The van der Waals surface area contributed by atoms with Crippen LogP contribution in [0.4, 0.5) is 0 Å². The normalized spacial score (nSPS) is 19.1. The maximum absolute atomic E-state index is 4.37. The monoisotopic (exact) mass is 401 g/mol. The maximum atomic E-state index is 4.37. The van der Waals surface area contributed by atoms with Gasteiger partial charge < -0.3 is 9.88 Å². The first kappa shape index (κ1) is 19.8. The van der Waals surface area contributed by atoms with Crippen LogP contribution in [0.2, 0.25) is 0 Å². The quantitative estimate of drug-likeness (QED) is 0.531. The van der Waals surface area contributed by atoms with Crippen LogP contribution in [0, 0.1) is 12.8 Å². The first-order chi connectivity index (χ1) is 14.7. The van der Waals surface area contributed by atoms with Crippen molar-refractivity contribution in [3.63, 3.8) is 0 Å². The molecule has 0 radical (unpaired) electrons. The highest BCUT2D eigenvalue weighted by Gasteiger charge is 2.25. The van der Waals surface area contributed by atoms with Gasteiger partial charge in [0.2, 0.25) is 0 Å². The summed E-state index contributed by atoms with van der Waals surface area (Å²) in [7, 11) is 0. The number of aromatic nitrogens is 2. The van der Waals surface area contributed by atoms with E-state index in [9.17, 15) is 0 Å². The molecule has 2 aromatic heterocycles. The summed E-state index contributed by atoms with van der Waals surface area (Å²) in [6, 6.07) is 11.5. The minimum Gasteiger partial charge on any atom is -0.354 e. The molecule has 1 saturated heterocycles. The van der Waals surface area contributed by atoms with Crippen molar-refractivity contribution in [1.82, 2.24) is 14.9 Å². The zero-order valence-electron chi connectivity index (χ0n) is 18.6. The van der Waals surface area contributed by atoms with E-state index in [0.29, 0.717) is 5.92 Å². The predicted molar refractivity (Wildman–Crippen MR) is 126 cm³/mol. The number of nitrogens with zero attached hydrogens (tertiary/aromatic N) is 2. The second-order valence-corrected chi connectivity index (χ2v) is 9.55. The second kappa shape index (κ2) is 8.55. The van der Waals surface area contributed by atoms with Gasteiger partial charge in [-0.3, -0.25) is 4.98 Å². The summed E-state index contributed by atoms with van der Waals surface area (Å²) in [5.41, 5.74) is 7.82. The number of rotatable bonds is 5. The lowest BCUT2D eigenvalue weighted by Crippen LogP contribution is -2.36. The van der Waals surface area contributed by atoms with Crippen LogP contribution in [-0.2, 0) is 6.42 Å². The van der Waals surface area contributed by atoms with Crippen molar-refractivity contribution in [2.75, 3.05) is 19.6 Å². The van der Waals surface area contributed by atoms with E-state index in [4.69, 9.17) is 0 Å². The fraction of sp³-hybridized carbons (Fsp3) is 0.519. The Labute approximate surface area is 180 Å². The molecule has 3 heterocycles. The molecule has 0 amide bonds. The molecule has 0 unspecified atom stereocenters. The number of nitrogens with one attached hydrogen (secondary N) is 1. The van der Waals surface area contributed by atoms with E-state index >= 15 is 0 Å². The number of fused-ring (bicyclic) bond motifs is 1. The zero-order chi connectivity index (χ0) is 20.5. The molecule has 1 aromatic carbocycles. The Balaban J connectivity index is 1.36. The summed E-state index contributed by atoms with van der Waals surface area (Å²) in [6.45, 7) is 8.23. The van der Waals surface area contributed by atoms with Gasteiger partial charge in [0.25, 0.3) is 0 Å². The van der Waals surface area contributed by atoms with Crippen LogP contribution in [0.1, 0.15) is 68.2 Å². The first-order valence-corrected chi connectivity index (χ1v) is 12.0. The van der Waals surface area contributed by atoms with E-state index in [-0.39, 0.29) is 0 Å². The molecule has 3 heteroatoms. The molecule has 0 bridgehead atoms. The minimum absolute atomic E-state index is 0.709. The smallest absolute Gasteiger partial charge is 0.0498 e. The largest absolute Gasteiger partial charge is 0.354 e. The molecule has 2 aliphatic rings. The molecule has 0 atom stereocenters. The number of piperidine rings is 1. The van der Waals surface area contributed by atoms with Gasteiger partial charge in [-0.2, -0.15) is 0 Å². The molecule has 158 valence electrons. The van der Waals surface area contributed by atoms with Crippen molar-refractivity contribution in [1.29, 1.82) is 0 Å². The van der Waals surface area contributed by atoms with Crippen LogP contribution in [0.25, 0.3) is 22.2 Å². The third-order valence-electron chi connectivity index (χ3n) is 7.52. The van der Waals surface area contributed by atoms with Crippen LogP contribution < -0.4 is 0 Å². The number of likely N-dealkylation sites (tertiary alicyclic amines) is 1. The summed E-state index contributed by atoms with van der Waals surface area (Å²) < 4.78 is 0. The lowest BCUT2D eigenvalue weighted by molar-refractivity contribution is 0.183. The van der Waals surface area contributed by atoms with Crippen LogP contribution in [0.15, 0.2) is 36.5 Å². The summed E-state index contributed by atoms with van der Waals surface area (Å²) in [5.74, 6) is 1.68. The molecule has 2 fully saturated rings. The van der Waals surface area contributed by atoms with E-state index in [0.717, 1.165) is 18.0 Å². The maximum Gasteiger partial charge on any atom is 0.0498 e. The molecular formula is C27H35N3. The Morgan fingerprint density at radius 3 is 2.57 bits per heavy atom. The van der Waals surface area contributed by atoms with Crippen LogP contribution in [0.5, 0.6) is 0 Å². The second-order valence-electron chi connectivity index (χ2n) is 9.55. The summed E-state index contributed by atoms with van der Waals surface area (Å²) >= 11 is 0. The van der Waals surface area contributed by atoms with Crippen molar-refractivity contribution in [3.8, 4) is 11.3 Å². The van der Waals surface area contributed by atoms with Crippen LogP contribution >= 0.6 is 0 Å². The lowest BCUT2D eigenvalue weighted by Gasteiger charge is -2.33. The molecule has 1 aliphatic heterocycles. The van der Waals surface area contributed by atoms with Crippen molar-refractivity contribution < 1.29 is 0 Å². The van der Waals surface area contributed by atoms with Gasteiger partial charge in [-0.25, -0.2) is 0 Å². The third kappa shape index (κ3) is 3.92. The fourth-order valence-corrected chi connectivity index (χ4v) is 5.84. The molecule has 30 heavy (non-hydrogen) atoms. The summed E-state index contributed by atoms with van der Waals surface area (Å²) in [6.07, 6.45) is 11.4. The van der Waals surface area contributed by atoms with Gasteiger partial charge in [0.15, 0.2) is 0 Å². The van der Waals surface area contributed by atoms with E-state index in [1.54, 1.807) is 0 Å². The van der Waals surface area contributed by atoms with Crippen molar-refractivity contribution in [3.05, 3.63) is 53.3 Å². The summed E-state index contributed by atoms with van der Waals surface area (Å²) in [5, 5.41) is 1.41. The van der Waals surface area contributed by atoms with E-state index in [1.807, 2.05) is 6.20 Å². The summed E-state index contributed by atoms with van der Waals surface area (Å²) in [4.78, 5) is 10.8. The Hall–Kier alpha value is -2.13. The number of hydrogen-bond donors (Lipinski definition) is 1. The number of pyridine rings is 1. The topological polar surface area (TPSA) is 31.9 Å². The first-order valence-electron chi connectivity index (χ1n) is 12.0. The minimum atomic E-state index is 0.709. The van der Waals surface area contributed by atoms with Gasteiger partial charge in [-0.05, 0) is 99.3 Å². The lowest BCUT2D eigenvalue weighted by atomic mass is 9.88. The molecule has 3 aromatic rings. The average Bonchev–Trinajstić information content (AvgIpc) is 3.41. The van der Waals surface area contributed by atoms with Crippen molar-refractivity contribution in [2.24, 2.45) is 5.92 Å². The van der Waals surface area contributed by atoms with Crippen LogP contribution in [0.3, 0.4) is 0 Å². The third-order valence-corrected chi connectivity index (χ3v) is 7.52. The van der Waals surface area contributed by atoms with E-state index in [1.165, 1.54) is 91.4 Å².